The van der Waals surface area contributed by atoms with Crippen molar-refractivity contribution in [2.24, 2.45) is 4.99 Å². The second kappa shape index (κ2) is 12.7. The van der Waals surface area contributed by atoms with E-state index in [0.29, 0.717) is 0 Å². The van der Waals surface area contributed by atoms with Crippen LogP contribution in [0, 0.1) is 0 Å². The third kappa shape index (κ3) is 8.90. The standard InChI is InChI=1S/C18H32N4O3/c1-23-13-3-2-7-19-18(20-8-6-17-5-4-14-25-17)21-9-10-22-11-15-24-16-12-22/h4-5,14H,2-3,6-13,15-16H2,1H3,(H2,19,20,21). The van der Waals surface area contributed by atoms with Crippen LogP contribution in [0.25, 0.3) is 0 Å². The lowest BCUT2D eigenvalue weighted by atomic mass is 10.3. The summed E-state index contributed by atoms with van der Waals surface area (Å²) in [6.45, 7) is 7.97. The normalized spacial score (nSPS) is 16.1. The van der Waals surface area contributed by atoms with Gasteiger partial charge in [0.2, 0.25) is 0 Å². The highest BCUT2D eigenvalue weighted by atomic mass is 16.5. The maximum Gasteiger partial charge on any atom is 0.191 e. The van der Waals surface area contributed by atoms with E-state index < -0.39 is 0 Å². The average Bonchev–Trinajstić information content (AvgIpc) is 3.15. The summed E-state index contributed by atoms with van der Waals surface area (Å²) in [6, 6.07) is 3.91. The number of aliphatic imine (C=N–C) groups is 1. The van der Waals surface area contributed by atoms with Gasteiger partial charge in [-0.3, -0.25) is 9.89 Å². The lowest BCUT2D eigenvalue weighted by Gasteiger charge is -2.26. The van der Waals surface area contributed by atoms with E-state index in [1.807, 2.05) is 12.1 Å². The fraction of sp³-hybridized carbons (Fsp3) is 0.722. The van der Waals surface area contributed by atoms with Crippen molar-refractivity contribution in [1.82, 2.24) is 15.5 Å². The average molecular weight is 352 g/mol. The van der Waals surface area contributed by atoms with Crippen molar-refractivity contribution in [2.45, 2.75) is 19.3 Å². The van der Waals surface area contributed by atoms with Crippen LogP contribution >= 0.6 is 0 Å². The molecule has 25 heavy (non-hydrogen) atoms. The molecule has 1 aromatic heterocycles. The third-order valence-electron chi connectivity index (χ3n) is 4.09. The summed E-state index contributed by atoms with van der Waals surface area (Å²) in [6.07, 6.45) is 4.62. The Morgan fingerprint density at radius 3 is 2.84 bits per heavy atom. The van der Waals surface area contributed by atoms with Crippen molar-refractivity contribution in [3.8, 4) is 0 Å². The molecule has 2 rings (SSSR count). The number of unbranched alkanes of at least 4 members (excludes halogenated alkanes) is 1. The van der Waals surface area contributed by atoms with Crippen LogP contribution in [0.2, 0.25) is 0 Å². The zero-order valence-corrected chi connectivity index (χ0v) is 15.3. The molecule has 0 atom stereocenters. The smallest absolute Gasteiger partial charge is 0.191 e. The fourth-order valence-corrected chi connectivity index (χ4v) is 2.64. The van der Waals surface area contributed by atoms with Gasteiger partial charge in [-0.25, -0.2) is 0 Å². The Hall–Kier alpha value is -1.57. The van der Waals surface area contributed by atoms with Crippen molar-refractivity contribution in [3.05, 3.63) is 24.2 Å². The van der Waals surface area contributed by atoms with Crippen LogP contribution in [-0.4, -0.2) is 77.1 Å². The number of methoxy groups -OCH3 is 1. The number of furan rings is 1. The van der Waals surface area contributed by atoms with Crippen LogP contribution in [0.15, 0.2) is 27.8 Å². The van der Waals surface area contributed by atoms with Crippen LogP contribution in [0.4, 0.5) is 0 Å². The first kappa shape index (κ1) is 19.8. The largest absolute Gasteiger partial charge is 0.469 e. The van der Waals surface area contributed by atoms with Crippen molar-refractivity contribution in [1.29, 1.82) is 0 Å². The predicted molar refractivity (Wildman–Crippen MR) is 99.1 cm³/mol. The molecule has 0 aliphatic carbocycles. The van der Waals surface area contributed by atoms with E-state index in [2.05, 4.69) is 20.5 Å². The summed E-state index contributed by atoms with van der Waals surface area (Å²) in [5.74, 6) is 1.86. The van der Waals surface area contributed by atoms with Crippen LogP contribution in [0.3, 0.4) is 0 Å². The minimum Gasteiger partial charge on any atom is -0.469 e. The molecule has 0 saturated carbocycles. The lowest BCUT2D eigenvalue weighted by Crippen LogP contribution is -2.44. The molecule has 0 bridgehead atoms. The minimum atomic E-state index is 0.793. The van der Waals surface area contributed by atoms with Gasteiger partial charge in [0, 0.05) is 59.4 Å². The molecule has 7 heteroatoms. The summed E-state index contributed by atoms with van der Waals surface area (Å²) >= 11 is 0. The molecule has 0 amide bonds. The van der Waals surface area contributed by atoms with E-state index in [4.69, 9.17) is 13.9 Å². The fourth-order valence-electron chi connectivity index (χ4n) is 2.64. The first-order chi connectivity index (χ1) is 12.4. The summed E-state index contributed by atoms with van der Waals surface area (Å²) in [5.41, 5.74) is 0. The zero-order valence-electron chi connectivity index (χ0n) is 15.3. The van der Waals surface area contributed by atoms with E-state index in [9.17, 15) is 0 Å². The maximum atomic E-state index is 5.38. The molecule has 0 radical (unpaired) electrons. The summed E-state index contributed by atoms with van der Waals surface area (Å²) in [5, 5.41) is 6.82. The number of hydrogen-bond acceptors (Lipinski definition) is 5. The van der Waals surface area contributed by atoms with E-state index in [1.54, 1.807) is 13.4 Å². The molecule has 0 aromatic carbocycles. The van der Waals surface area contributed by atoms with Crippen molar-refractivity contribution in [2.75, 3.05) is 66.2 Å². The number of hydrogen-bond donors (Lipinski definition) is 2. The van der Waals surface area contributed by atoms with Gasteiger partial charge in [0.05, 0.1) is 19.5 Å². The van der Waals surface area contributed by atoms with Crippen LogP contribution in [-0.2, 0) is 15.9 Å². The second-order valence-corrected chi connectivity index (χ2v) is 6.07. The first-order valence-corrected chi connectivity index (χ1v) is 9.22. The quantitative estimate of drug-likeness (QED) is 0.353. The highest BCUT2D eigenvalue weighted by molar-refractivity contribution is 5.79. The SMILES string of the molecule is COCCCCN=C(NCCc1ccco1)NCCN1CCOCC1. The van der Waals surface area contributed by atoms with Gasteiger partial charge >= 0.3 is 0 Å². The van der Waals surface area contributed by atoms with E-state index in [1.165, 1.54) is 0 Å². The number of morpholine rings is 1. The van der Waals surface area contributed by atoms with Gasteiger partial charge in [-0.1, -0.05) is 0 Å². The molecule has 1 saturated heterocycles. The van der Waals surface area contributed by atoms with E-state index >= 15 is 0 Å². The van der Waals surface area contributed by atoms with Gasteiger partial charge in [-0.2, -0.15) is 0 Å². The third-order valence-corrected chi connectivity index (χ3v) is 4.09. The molecule has 0 unspecified atom stereocenters. The molecule has 7 nitrogen and oxygen atoms in total. The van der Waals surface area contributed by atoms with Gasteiger partial charge < -0.3 is 24.5 Å². The monoisotopic (exact) mass is 352 g/mol. The Morgan fingerprint density at radius 1 is 1.24 bits per heavy atom. The van der Waals surface area contributed by atoms with Gasteiger partial charge in [-0.15, -0.1) is 0 Å². The number of ether oxygens (including phenoxy) is 2. The van der Waals surface area contributed by atoms with Crippen molar-refractivity contribution >= 4 is 5.96 Å². The zero-order chi connectivity index (χ0) is 17.6. The molecular formula is C18H32N4O3. The molecule has 2 N–H and O–H groups in total. The molecule has 0 spiro atoms. The summed E-state index contributed by atoms with van der Waals surface area (Å²) in [7, 11) is 1.73. The summed E-state index contributed by atoms with van der Waals surface area (Å²) in [4.78, 5) is 7.07. The summed E-state index contributed by atoms with van der Waals surface area (Å²) < 4.78 is 15.8. The Labute approximate surface area is 150 Å². The van der Waals surface area contributed by atoms with Crippen LogP contribution in [0.1, 0.15) is 18.6 Å². The topological polar surface area (TPSA) is 71.3 Å². The number of guanidine groups is 1. The number of rotatable bonds is 11. The molecule has 1 fully saturated rings. The van der Waals surface area contributed by atoms with E-state index in [0.717, 1.165) is 90.1 Å². The van der Waals surface area contributed by atoms with Crippen LogP contribution in [0.5, 0.6) is 0 Å². The van der Waals surface area contributed by atoms with Gasteiger partial charge in [-0.05, 0) is 25.0 Å². The first-order valence-electron chi connectivity index (χ1n) is 9.22. The number of nitrogens with zero attached hydrogens (tertiary/aromatic N) is 2. The maximum absolute atomic E-state index is 5.38. The van der Waals surface area contributed by atoms with E-state index in [-0.39, 0.29) is 0 Å². The Morgan fingerprint density at radius 2 is 2.08 bits per heavy atom. The van der Waals surface area contributed by atoms with Crippen molar-refractivity contribution in [3.63, 3.8) is 0 Å². The molecule has 1 aliphatic heterocycles. The predicted octanol–water partition coefficient (Wildman–Crippen LogP) is 1.12. The molecule has 2 heterocycles. The Balaban J connectivity index is 1.68. The van der Waals surface area contributed by atoms with Crippen LogP contribution < -0.4 is 10.6 Å². The molecule has 1 aliphatic rings. The van der Waals surface area contributed by atoms with Gasteiger partial charge in [0.15, 0.2) is 5.96 Å². The Kier molecular flexibility index (Phi) is 10.1. The number of nitrogens with one attached hydrogen (secondary N) is 2. The molecular weight excluding hydrogens is 320 g/mol. The Bertz CT molecular complexity index is 459. The van der Waals surface area contributed by atoms with Gasteiger partial charge in [0.25, 0.3) is 0 Å². The van der Waals surface area contributed by atoms with Crippen molar-refractivity contribution < 1.29 is 13.9 Å². The highest BCUT2D eigenvalue weighted by Crippen LogP contribution is 1.99. The molecule has 1 aromatic rings. The second-order valence-electron chi connectivity index (χ2n) is 6.07. The lowest BCUT2D eigenvalue weighted by molar-refractivity contribution is 0.0389. The highest BCUT2D eigenvalue weighted by Gasteiger charge is 2.09. The van der Waals surface area contributed by atoms with Gasteiger partial charge in [0.1, 0.15) is 5.76 Å². The molecule has 142 valence electrons. The minimum absolute atomic E-state index is 0.793.